The normalized spacial score (nSPS) is 10.9. The van der Waals surface area contributed by atoms with E-state index in [1.54, 1.807) is 12.1 Å². The van der Waals surface area contributed by atoms with Crippen LogP contribution in [0.1, 0.15) is 21.5 Å². The van der Waals surface area contributed by atoms with Crippen molar-refractivity contribution >= 4 is 23.8 Å². The predicted molar refractivity (Wildman–Crippen MR) is 114 cm³/mol. The third-order valence-electron chi connectivity index (χ3n) is 3.91. The van der Waals surface area contributed by atoms with Crippen molar-refractivity contribution in [1.82, 2.24) is 5.43 Å². The lowest BCUT2D eigenvalue weighted by Gasteiger charge is -2.02. The molecule has 0 atom stereocenters. The molecule has 0 heterocycles. The van der Waals surface area contributed by atoms with E-state index >= 15 is 0 Å². The molecule has 4 nitrogen and oxygen atoms in total. The van der Waals surface area contributed by atoms with Crippen LogP contribution >= 0.6 is 0 Å². The topological polar surface area (TPSA) is 61.7 Å². The van der Waals surface area contributed by atoms with Gasteiger partial charge in [-0.1, -0.05) is 72.8 Å². The molecule has 0 aromatic heterocycles. The summed E-state index contributed by atoms with van der Waals surface area (Å²) in [5, 5.41) is 13.6. The van der Waals surface area contributed by atoms with Crippen molar-refractivity contribution in [2.75, 3.05) is 0 Å². The summed E-state index contributed by atoms with van der Waals surface area (Å²) in [5.74, 6) is -0.240. The minimum Gasteiger partial charge on any atom is -0.508 e. The first-order chi connectivity index (χ1) is 13.7. The van der Waals surface area contributed by atoms with Crippen LogP contribution in [0, 0.1) is 0 Å². The maximum Gasteiger partial charge on any atom is 0.271 e. The van der Waals surface area contributed by atoms with Gasteiger partial charge in [-0.25, -0.2) is 5.43 Å². The van der Waals surface area contributed by atoms with Crippen LogP contribution in [0.4, 0.5) is 0 Å². The van der Waals surface area contributed by atoms with Crippen molar-refractivity contribution in [3.05, 3.63) is 114 Å². The predicted octanol–water partition coefficient (Wildman–Crippen LogP) is 4.90. The van der Waals surface area contributed by atoms with E-state index in [1.165, 1.54) is 12.1 Å². The van der Waals surface area contributed by atoms with Gasteiger partial charge in [0.2, 0.25) is 0 Å². The summed E-state index contributed by atoms with van der Waals surface area (Å²) in [4.78, 5) is 12.3. The monoisotopic (exact) mass is 368 g/mol. The molecule has 3 rings (SSSR count). The SMILES string of the molecule is O=C(NN=C(/C=C/c1ccccc1)/C=C/c1ccccc1)c1ccc(O)cc1. The molecular weight excluding hydrogens is 348 g/mol. The Morgan fingerprint density at radius 1 is 0.750 bits per heavy atom. The molecule has 4 heteroatoms. The lowest BCUT2D eigenvalue weighted by molar-refractivity contribution is 0.0955. The third-order valence-corrected chi connectivity index (χ3v) is 3.91. The first kappa shape index (κ1) is 18.9. The lowest BCUT2D eigenvalue weighted by atomic mass is 10.1. The number of carbonyl (C=O) groups is 1. The van der Waals surface area contributed by atoms with E-state index in [0.29, 0.717) is 11.3 Å². The Bertz CT molecular complexity index is 938. The molecular formula is C24H20N2O2. The van der Waals surface area contributed by atoms with Crippen molar-refractivity contribution < 1.29 is 9.90 Å². The largest absolute Gasteiger partial charge is 0.508 e. The third kappa shape index (κ3) is 5.81. The summed E-state index contributed by atoms with van der Waals surface area (Å²) >= 11 is 0. The Balaban J connectivity index is 1.79. The smallest absolute Gasteiger partial charge is 0.271 e. The van der Waals surface area contributed by atoms with Crippen LogP contribution in [-0.4, -0.2) is 16.7 Å². The van der Waals surface area contributed by atoms with Gasteiger partial charge in [-0.2, -0.15) is 5.10 Å². The fraction of sp³-hybridized carbons (Fsp3) is 0. The Morgan fingerprint density at radius 2 is 1.25 bits per heavy atom. The Labute approximate surface area is 164 Å². The average molecular weight is 368 g/mol. The first-order valence-corrected chi connectivity index (χ1v) is 8.84. The average Bonchev–Trinajstić information content (AvgIpc) is 2.75. The molecule has 1 amide bonds. The van der Waals surface area contributed by atoms with Crippen molar-refractivity contribution in [3.63, 3.8) is 0 Å². The summed E-state index contributed by atoms with van der Waals surface area (Å²) in [5.41, 5.74) is 5.64. The van der Waals surface area contributed by atoms with E-state index in [9.17, 15) is 9.90 Å². The summed E-state index contributed by atoms with van der Waals surface area (Å²) in [6.07, 6.45) is 7.54. The van der Waals surface area contributed by atoms with Crippen molar-refractivity contribution in [1.29, 1.82) is 0 Å². The number of phenols is 1. The molecule has 3 aromatic rings. The summed E-state index contributed by atoms with van der Waals surface area (Å²) < 4.78 is 0. The maximum absolute atomic E-state index is 12.3. The summed E-state index contributed by atoms with van der Waals surface area (Å²) in [6, 6.07) is 25.7. The number of hydrazone groups is 1. The molecule has 0 aliphatic carbocycles. The van der Waals surface area contributed by atoms with E-state index in [2.05, 4.69) is 10.5 Å². The van der Waals surface area contributed by atoms with E-state index in [4.69, 9.17) is 0 Å². The van der Waals surface area contributed by atoms with Gasteiger partial charge in [0.05, 0.1) is 5.71 Å². The fourth-order valence-corrected chi connectivity index (χ4v) is 2.41. The van der Waals surface area contributed by atoms with Crippen molar-refractivity contribution in [2.45, 2.75) is 0 Å². The van der Waals surface area contributed by atoms with Crippen LogP contribution in [-0.2, 0) is 0 Å². The molecule has 138 valence electrons. The van der Waals surface area contributed by atoms with Crippen LogP contribution in [0.25, 0.3) is 12.2 Å². The molecule has 0 fully saturated rings. The highest BCUT2D eigenvalue weighted by molar-refractivity contribution is 6.09. The lowest BCUT2D eigenvalue weighted by Crippen LogP contribution is -2.18. The fourth-order valence-electron chi connectivity index (χ4n) is 2.41. The molecule has 3 aromatic carbocycles. The van der Waals surface area contributed by atoms with Gasteiger partial charge in [-0.3, -0.25) is 4.79 Å². The molecule has 0 aliphatic heterocycles. The van der Waals surface area contributed by atoms with Crippen LogP contribution in [0.2, 0.25) is 0 Å². The van der Waals surface area contributed by atoms with Gasteiger partial charge in [-0.15, -0.1) is 0 Å². The number of nitrogens with one attached hydrogen (secondary N) is 1. The Hall–Kier alpha value is -3.92. The van der Waals surface area contributed by atoms with Crippen LogP contribution < -0.4 is 5.43 Å². The number of carbonyl (C=O) groups excluding carboxylic acids is 1. The second-order valence-electron chi connectivity index (χ2n) is 6.01. The highest BCUT2D eigenvalue weighted by Crippen LogP contribution is 2.09. The van der Waals surface area contributed by atoms with E-state index in [1.807, 2.05) is 85.0 Å². The van der Waals surface area contributed by atoms with Gasteiger partial charge in [-0.05, 0) is 47.5 Å². The van der Waals surface area contributed by atoms with Crippen LogP contribution in [0.3, 0.4) is 0 Å². The van der Waals surface area contributed by atoms with Crippen molar-refractivity contribution in [3.8, 4) is 5.75 Å². The van der Waals surface area contributed by atoms with Crippen molar-refractivity contribution in [2.24, 2.45) is 5.10 Å². The van der Waals surface area contributed by atoms with E-state index in [-0.39, 0.29) is 11.7 Å². The minimum atomic E-state index is -0.348. The number of hydrogen-bond donors (Lipinski definition) is 2. The zero-order valence-corrected chi connectivity index (χ0v) is 15.2. The highest BCUT2D eigenvalue weighted by Gasteiger charge is 2.04. The Morgan fingerprint density at radius 3 is 1.75 bits per heavy atom. The van der Waals surface area contributed by atoms with E-state index in [0.717, 1.165) is 11.1 Å². The number of allylic oxidation sites excluding steroid dienone is 2. The number of aromatic hydroxyl groups is 1. The number of hydrogen-bond acceptors (Lipinski definition) is 3. The van der Waals surface area contributed by atoms with Gasteiger partial charge in [0.1, 0.15) is 5.75 Å². The van der Waals surface area contributed by atoms with Crippen LogP contribution in [0.15, 0.2) is 102 Å². The quantitative estimate of drug-likeness (QED) is 0.480. The molecule has 0 bridgehead atoms. The number of phenolic OH excluding ortho intramolecular Hbond substituents is 1. The molecule has 28 heavy (non-hydrogen) atoms. The van der Waals surface area contributed by atoms with E-state index < -0.39 is 0 Å². The maximum atomic E-state index is 12.3. The number of amides is 1. The molecule has 0 aliphatic rings. The van der Waals surface area contributed by atoms with Gasteiger partial charge in [0, 0.05) is 5.56 Å². The number of rotatable bonds is 6. The molecule has 0 spiro atoms. The van der Waals surface area contributed by atoms with Gasteiger partial charge in [0.15, 0.2) is 0 Å². The Kier molecular flexibility index (Phi) is 6.53. The zero-order chi connectivity index (χ0) is 19.6. The van der Waals surface area contributed by atoms with Crippen LogP contribution in [0.5, 0.6) is 5.75 Å². The second kappa shape index (κ2) is 9.69. The van der Waals surface area contributed by atoms with Gasteiger partial charge in [0.25, 0.3) is 5.91 Å². The van der Waals surface area contributed by atoms with Gasteiger partial charge < -0.3 is 5.11 Å². The summed E-state index contributed by atoms with van der Waals surface area (Å²) in [6.45, 7) is 0. The molecule has 0 saturated heterocycles. The van der Waals surface area contributed by atoms with Gasteiger partial charge >= 0.3 is 0 Å². The standard InChI is InChI=1S/C24H20N2O2/c27-23-17-13-21(14-18-23)24(28)26-25-22(15-11-19-7-3-1-4-8-19)16-12-20-9-5-2-6-10-20/h1-18,27H,(H,26,28)/b15-11+,16-12+. The molecule has 0 radical (unpaired) electrons. The molecule has 0 saturated carbocycles. The second-order valence-corrected chi connectivity index (χ2v) is 6.01. The highest BCUT2D eigenvalue weighted by atomic mass is 16.3. The number of benzene rings is 3. The zero-order valence-electron chi connectivity index (χ0n) is 15.2. The summed E-state index contributed by atoms with van der Waals surface area (Å²) in [7, 11) is 0. The minimum absolute atomic E-state index is 0.109. The first-order valence-electron chi connectivity index (χ1n) is 8.84. The molecule has 0 unspecified atom stereocenters. The number of nitrogens with zero attached hydrogens (tertiary/aromatic N) is 1. The molecule has 2 N–H and O–H groups in total.